The molecule has 2 rings (SSSR count). The van der Waals surface area contributed by atoms with Gasteiger partial charge in [0, 0.05) is 30.7 Å². The van der Waals surface area contributed by atoms with Crippen molar-refractivity contribution in [3.8, 4) is 0 Å². The van der Waals surface area contributed by atoms with Crippen LogP contribution in [0.15, 0.2) is 64.8 Å². The van der Waals surface area contributed by atoms with Gasteiger partial charge >= 0.3 is 5.97 Å². The van der Waals surface area contributed by atoms with Crippen LogP contribution in [0.2, 0.25) is 0 Å². The van der Waals surface area contributed by atoms with Crippen LogP contribution in [-0.4, -0.2) is 24.0 Å². The van der Waals surface area contributed by atoms with Crippen molar-refractivity contribution in [3.63, 3.8) is 0 Å². The molecule has 0 aliphatic carbocycles. The maximum Gasteiger partial charge on any atom is 0.333 e. The number of anilines is 1. The van der Waals surface area contributed by atoms with Crippen molar-refractivity contribution in [3.05, 3.63) is 70.3 Å². The smallest absolute Gasteiger partial charge is 0.333 e. The summed E-state index contributed by atoms with van der Waals surface area (Å²) in [5.41, 5.74) is 3.07. The van der Waals surface area contributed by atoms with Crippen LogP contribution >= 0.6 is 0 Å². The second-order valence-corrected chi connectivity index (χ2v) is 6.02. The standard InChI is InChI=1S/C20H22N4O4/c1-4-21-19-13-17(24(26)27)9-10-18(19)23-22-16-7-5-15(6-8-16)11-12-28-20(25)14(2)3/h5-10,13,21H,2,4,11-12H2,1,3H3. The quantitative estimate of drug-likeness (QED) is 0.213. The SMILES string of the molecule is C=C(C)C(=O)OCCc1ccc(N=Nc2ccc([N+](=O)[O-])cc2NCC)cc1. The first-order chi connectivity index (χ1) is 13.4. The molecule has 0 aliphatic rings. The molecule has 8 nitrogen and oxygen atoms in total. The average Bonchev–Trinajstić information content (AvgIpc) is 2.68. The summed E-state index contributed by atoms with van der Waals surface area (Å²) in [6, 6.07) is 11.8. The number of nitro benzene ring substituents is 1. The number of hydrogen-bond acceptors (Lipinski definition) is 7. The molecule has 1 N–H and O–H groups in total. The van der Waals surface area contributed by atoms with Crippen molar-refractivity contribution in [1.82, 2.24) is 0 Å². The van der Waals surface area contributed by atoms with Crippen molar-refractivity contribution in [2.75, 3.05) is 18.5 Å². The molecular formula is C20H22N4O4. The molecule has 0 aromatic heterocycles. The monoisotopic (exact) mass is 382 g/mol. The molecule has 0 atom stereocenters. The third-order valence-electron chi connectivity index (χ3n) is 3.74. The number of azo groups is 1. The zero-order valence-corrected chi connectivity index (χ0v) is 15.8. The first-order valence-corrected chi connectivity index (χ1v) is 8.76. The zero-order valence-electron chi connectivity index (χ0n) is 15.8. The number of non-ortho nitro benzene ring substituents is 1. The van der Waals surface area contributed by atoms with E-state index in [-0.39, 0.29) is 12.3 Å². The van der Waals surface area contributed by atoms with Crippen LogP contribution in [0.3, 0.4) is 0 Å². The van der Waals surface area contributed by atoms with Gasteiger partial charge in [-0.3, -0.25) is 10.1 Å². The Morgan fingerprint density at radius 2 is 1.93 bits per heavy atom. The zero-order chi connectivity index (χ0) is 20.5. The lowest BCUT2D eigenvalue weighted by Crippen LogP contribution is -2.07. The fourth-order valence-electron chi connectivity index (χ4n) is 2.28. The van der Waals surface area contributed by atoms with Crippen LogP contribution in [0.25, 0.3) is 0 Å². The van der Waals surface area contributed by atoms with E-state index in [1.807, 2.05) is 19.1 Å². The normalized spacial score (nSPS) is 10.6. The van der Waals surface area contributed by atoms with Gasteiger partial charge in [-0.1, -0.05) is 18.7 Å². The van der Waals surface area contributed by atoms with Gasteiger partial charge in [0.1, 0.15) is 5.69 Å². The molecule has 0 spiro atoms. The fourth-order valence-corrected chi connectivity index (χ4v) is 2.28. The van der Waals surface area contributed by atoms with Crippen LogP contribution in [-0.2, 0) is 16.0 Å². The van der Waals surface area contributed by atoms with Crippen LogP contribution < -0.4 is 5.32 Å². The van der Waals surface area contributed by atoms with Crippen LogP contribution in [0.5, 0.6) is 0 Å². The Labute approximate surface area is 163 Å². The topological polar surface area (TPSA) is 106 Å². The lowest BCUT2D eigenvalue weighted by atomic mass is 10.1. The lowest BCUT2D eigenvalue weighted by Gasteiger charge is -2.06. The second kappa shape index (κ2) is 9.96. The number of hydrogen-bond donors (Lipinski definition) is 1. The third-order valence-corrected chi connectivity index (χ3v) is 3.74. The van der Waals surface area contributed by atoms with Gasteiger partial charge in [-0.05, 0) is 37.6 Å². The van der Waals surface area contributed by atoms with Crippen LogP contribution in [0.4, 0.5) is 22.7 Å². The fraction of sp³-hybridized carbons (Fsp3) is 0.250. The van der Waals surface area contributed by atoms with E-state index in [0.717, 1.165) is 5.56 Å². The summed E-state index contributed by atoms with van der Waals surface area (Å²) in [7, 11) is 0. The summed E-state index contributed by atoms with van der Waals surface area (Å²) in [5, 5.41) is 22.3. The highest BCUT2D eigenvalue weighted by molar-refractivity contribution is 5.86. The number of rotatable bonds is 9. The van der Waals surface area contributed by atoms with Gasteiger partial charge in [0.25, 0.3) is 5.69 Å². The van der Waals surface area contributed by atoms with Gasteiger partial charge in [-0.25, -0.2) is 4.79 Å². The second-order valence-electron chi connectivity index (χ2n) is 6.02. The predicted molar refractivity (Wildman–Crippen MR) is 107 cm³/mol. The number of nitrogens with one attached hydrogen (secondary N) is 1. The molecule has 8 heteroatoms. The van der Waals surface area contributed by atoms with Gasteiger partial charge in [-0.2, -0.15) is 5.11 Å². The Kier molecular flexibility index (Phi) is 7.38. The number of carbonyl (C=O) groups excluding carboxylic acids is 1. The predicted octanol–water partition coefficient (Wildman–Crippen LogP) is 5.10. The number of ether oxygens (including phenoxy) is 1. The summed E-state index contributed by atoms with van der Waals surface area (Å²) in [4.78, 5) is 21.8. The number of nitrogens with zero attached hydrogens (tertiary/aromatic N) is 3. The van der Waals surface area contributed by atoms with Crippen molar-refractivity contribution in [1.29, 1.82) is 0 Å². The minimum atomic E-state index is -0.450. The molecule has 0 heterocycles. The van der Waals surface area contributed by atoms with Crippen LogP contribution in [0, 0.1) is 10.1 Å². The summed E-state index contributed by atoms with van der Waals surface area (Å²) in [6.45, 7) is 7.92. The lowest BCUT2D eigenvalue weighted by molar-refractivity contribution is -0.384. The maximum atomic E-state index is 11.3. The van der Waals surface area contributed by atoms with Crippen molar-refractivity contribution in [2.24, 2.45) is 10.2 Å². The van der Waals surface area contributed by atoms with E-state index in [9.17, 15) is 14.9 Å². The molecule has 0 saturated carbocycles. The minimum Gasteiger partial charge on any atom is -0.462 e. The molecule has 0 radical (unpaired) electrons. The van der Waals surface area contributed by atoms with E-state index in [0.29, 0.717) is 35.6 Å². The van der Waals surface area contributed by atoms with Gasteiger partial charge in [0.05, 0.1) is 22.9 Å². The van der Waals surface area contributed by atoms with Crippen LogP contribution in [0.1, 0.15) is 19.4 Å². The molecule has 2 aromatic carbocycles. The Bertz CT molecular complexity index is 892. The Hall–Kier alpha value is -3.55. The van der Waals surface area contributed by atoms with E-state index < -0.39 is 10.9 Å². The first-order valence-electron chi connectivity index (χ1n) is 8.76. The van der Waals surface area contributed by atoms with E-state index in [4.69, 9.17) is 4.74 Å². The Balaban J connectivity index is 2.03. The van der Waals surface area contributed by atoms with Gasteiger partial charge < -0.3 is 10.1 Å². The molecule has 146 valence electrons. The number of nitro groups is 1. The number of carbonyl (C=O) groups is 1. The summed E-state index contributed by atoms with van der Waals surface area (Å²) in [5.74, 6) is -0.398. The van der Waals surface area contributed by atoms with E-state index >= 15 is 0 Å². The Morgan fingerprint density at radius 1 is 1.21 bits per heavy atom. The molecule has 28 heavy (non-hydrogen) atoms. The van der Waals surface area contributed by atoms with Gasteiger partial charge in [-0.15, -0.1) is 5.11 Å². The van der Waals surface area contributed by atoms with Crippen molar-refractivity contribution < 1.29 is 14.5 Å². The number of esters is 1. The molecule has 0 fully saturated rings. The molecule has 0 amide bonds. The van der Waals surface area contributed by atoms with Crippen molar-refractivity contribution in [2.45, 2.75) is 20.3 Å². The highest BCUT2D eigenvalue weighted by Gasteiger charge is 2.10. The Morgan fingerprint density at radius 3 is 2.54 bits per heavy atom. The molecule has 0 bridgehead atoms. The maximum absolute atomic E-state index is 11.3. The summed E-state index contributed by atoms with van der Waals surface area (Å²) < 4.78 is 5.07. The molecule has 0 unspecified atom stereocenters. The van der Waals surface area contributed by atoms with Gasteiger partial charge in [0.15, 0.2) is 0 Å². The average molecular weight is 382 g/mol. The number of benzene rings is 2. The summed E-state index contributed by atoms with van der Waals surface area (Å²) >= 11 is 0. The highest BCUT2D eigenvalue weighted by Crippen LogP contribution is 2.30. The van der Waals surface area contributed by atoms with Crippen molar-refractivity contribution >= 4 is 28.7 Å². The molecule has 2 aromatic rings. The van der Waals surface area contributed by atoms with E-state index in [1.165, 1.54) is 12.1 Å². The first kappa shape index (κ1) is 20.8. The minimum absolute atomic E-state index is 0.00778. The molecule has 0 aliphatic heterocycles. The molecule has 0 saturated heterocycles. The largest absolute Gasteiger partial charge is 0.462 e. The highest BCUT2D eigenvalue weighted by atomic mass is 16.6. The molecular weight excluding hydrogens is 360 g/mol. The third kappa shape index (κ3) is 6.01. The van der Waals surface area contributed by atoms with Gasteiger partial charge in [0.2, 0.25) is 0 Å². The van der Waals surface area contributed by atoms with E-state index in [1.54, 1.807) is 25.1 Å². The van der Waals surface area contributed by atoms with E-state index in [2.05, 4.69) is 22.1 Å². The summed E-state index contributed by atoms with van der Waals surface area (Å²) in [6.07, 6.45) is 0.587.